The number of rotatable bonds is 5. The Morgan fingerprint density at radius 2 is 1.77 bits per heavy atom. The summed E-state index contributed by atoms with van der Waals surface area (Å²) in [4.78, 5) is 26.7. The molecule has 0 unspecified atom stereocenters. The predicted molar refractivity (Wildman–Crippen MR) is 96.6 cm³/mol. The standard InChI is InChI=1S/C20H27NO5/c1-13-11-21(12-15(13)18(22)23)19(24)20(8-4-5-9-20)14-6-7-16(25-2)17(10-14)26-3/h6-7,10,13,15H,4-5,8-9,11-12H2,1-3H3,(H,22,23)/t13-,15-/m1/s1. The van der Waals surface area contributed by atoms with E-state index in [0.29, 0.717) is 24.6 Å². The summed E-state index contributed by atoms with van der Waals surface area (Å²) in [5.74, 6) is -0.0276. The summed E-state index contributed by atoms with van der Waals surface area (Å²) < 4.78 is 10.7. The van der Waals surface area contributed by atoms with E-state index in [1.54, 1.807) is 19.1 Å². The van der Waals surface area contributed by atoms with E-state index in [4.69, 9.17) is 9.47 Å². The third kappa shape index (κ3) is 3.02. The van der Waals surface area contributed by atoms with E-state index >= 15 is 0 Å². The largest absolute Gasteiger partial charge is 0.493 e. The molecule has 6 nitrogen and oxygen atoms in total. The molecule has 3 rings (SSSR count). The van der Waals surface area contributed by atoms with Crippen LogP contribution in [0.1, 0.15) is 38.2 Å². The second-order valence-electron chi connectivity index (χ2n) is 7.49. The highest BCUT2D eigenvalue weighted by Gasteiger charge is 2.48. The number of likely N-dealkylation sites (tertiary alicyclic amines) is 1. The lowest BCUT2D eigenvalue weighted by Crippen LogP contribution is -2.45. The highest BCUT2D eigenvalue weighted by Crippen LogP contribution is 2.45. The summed E-state index contributed by atoms with van der Waals surface area (Å²) in [7, 11) is 3.18. The van der Waals surface area contributed by atoms with Crippen LogP contribution in [-0.2, 0) is 15.0 Å². The van der Waals surface area contributed by atoms with Crippen molar-refractivity contribution in [1.29, 1.82) is 0 Å². The second-order valence-corrected chi connectivity index (χ2v) is 7.49. The fourth-order valence-corrected chi connectivity index (χ4v) is 4.50. The third-order valence-electron chi connectivity index (χ3n) is 6.02. The van der Waals surface area contributed by atoms with E-state index in [9.17, 15) is 14.7 Å². The average Bonchev–Trinajstić information content (AvgIpc) is 3.28. The van der Waals surface area contributed by atoms with Crippen LogP contribution in [0.2, 0.25) is 0 Å². The highest BCUT2D eigenvalue weighted by molar-refractivity contribution is 5.90. The minimum absolute atomic E-state index is 0.0275. The van der Waals surface area contributed by atoms with E-state index < -0.39 is 17.3 Å². The predicted octanol–water partition coefficient (Wildman–Crippen LogP) is 2.69. The number of carboxylic acid groups (broad SMARTS) is 1. The molecule has 26 heavy (non-hydrogen) atoms. The van der Waals surface area contributed by atoms with E-state index in [2.05, 4.69) is 0 Å². The van der Waals surface area contributed by atoms with E-state index in [-0.39, 0.29) is 11.8 Å². The van der Waals surface area contributed by atoms with E-state index in [1.807, 2.05) is 25.1 Å². The van der Waals surface area contributed by atoms with Crippen molar-refractivity contribution in [3.8, 4) is 11.5 Å². The van der Waals surface area contributed by atoms with Gasteiger partial charge in [0, 0.05) is 13.1 Å². The second kappa shape index (κ2) is 7.17. The first-order chi connectivity index (χ1) is 12.4. The van der Waals surface area contributed by atoms with Crippen LogP contribution in [-0.4, -0.2) is 49.2 Å². The number of nitrogens with zero attached hydrogens (tertiary/aromatic N) is 1. The molecule has 0 spiro atoms. The van der Waals surface area contributed by atoms with Crippen LogP contribution in [0.25, 0.3) is 0 Å². The maximum absolute atomic E-state index is 13.5. The first-order valence-corrected chi connectivity index (χ1v) is 9.17. The molecule has 142 valence electrons. The molecule has 0 aromatic heterocycles. The lowest BCUT2D eigenvalue weighted by molar-refractivity contribution is -0.142. The van der Waals surface area contributed by atoms with Gasteiger partial charge in [-0.15, -0.1) is 0 Å². The van der Waals surface area contributed by atoms with Gasteiger partial charge in [-0.2, -0.15) is 0 Å². The molecule has 1 saturated carbocycles. The van der Waals surface area contributed by atoms with E-state index in [0.717, 1.165) is 31.2 Å². The lowest BCUT2D eigenvalue weighted by Gasteiger charge is -2.33. The number of hydrogen-bond acceptors (Lipinski definition) is 4. The molecule has 6 heteroatoms. The van der Waals surface area contributed by atoms with E-state index in [1.165, 1.54) is 0 Å². The molecular weight excluding hydrogens is 334 g/mol. The summed E-state index contributed by atoms with van der Waals surface area (Å²) in [6.45, 7) is 2.71. The third-order valence-corrected chi connectivity index (χ3v) is 6.02. The minimum Gasteiger partial charge on any atom is -0.493 e. The van der Waals surface area contributed by atoms with Crippen molar-refractivity contribution in [2.75, 3.05) is 27.3 Å². The molecule has 2 aliphatic rings. The highest BCUT2D eigenvalue weighted by atomic mass is 16.5. The zero-order valence-electron chi connectivity index (χ0n) is 15.7. The van der Waals surface area contributed by atoms with Crippen molar-refractivity contribution in [3.63, 3.8) is 0 Å². The van der Waals surface area contributed by atoms with Gasteiger partial charge in [-0.1, -0.05) is 25.8 Å². The fourth-order valence-electron chi connectivity index (χ4n) is 4.50. The van der Waals surface area contributed by atoms with Crippen molar-refractivity contribution < 1.29 is 24.2 Å². The maximum Gasteiger partial charge on any atom is 0.308 e. The Kier molecular flexibility index (Phi) is 5.12. The Morgan fingerprint density at radius 3 is 2.31 bits per heavy atom. The lowest BCUT2D eigenvalue weighted by atomic mass is 9.77. The van der Waals surface area contributed by atoms with Gasteiger partial charge in [0.1, 0.15) is 0 Å². The topological polar surface area (TPSA) is 76.1 Å². The van der Waals surface area contributed by atoms with Gasteiger partial charge >= 0.3 is 5.97 Å². The molecule has 1 heterocycles. The van der Waals surface area contributed by atoms with Crippen LogP contribution in [0.5, 0.6) is 11.5 Å². The maximum atomic E-state index is 13.5. The summed E-state index contributed by atoms with van der Waals surface area (Å²) in [5.41, 5.74) is 0.344. The number of carbonyl (C=O) groups excluding carboxylic acids is 1. The molecule has 1 aromatic rings. The number of ether oxygens (including phenoxy) is 2. The summed E-state index contributed by atoms with van der Waals surface area (Å²) in [6.07, 6.45) is 3.55. The number of hydrogen-bond donors (Lipinski definition) is 1. The minimum atomic E-state index is -0.820. The van der Waals surface area contributed by atoms with Crippen LogP contribution in [0.3, 0.4) is 0 Å². The summed E-state index contributed by atoms with van der Waals surface area (Å²) in [6, 6.07) is 5.68. The van der Waals surface area contributed by atoms with Crippen LogP contribution in [0.4, 0.5) is 0 Å². The SMILES string of the molecule is COc1ccc(C2(C(=O)N3C[C@@H](C)[C@H](C(=O)O)C3)CCCC2)cc1OC. The fraction of sp³-hybridized carbons (Fsp3) is 0.600. The number of amides is 1. The number of benzene rings is 1. The Labute approximate surface area is 154 Å². The molecule has 1 aliphatic heterocycles. The van der Waals surface area contributed by atoms with Crippen LogP contribution in [0.15, 0.2) is 18.2 Å². The zero-order chi connectivity index (χ0) is 18.9. The van der Waals surface area contributed by atoms with Gasteiger partial charge in [0.15, 0.2) is 11.5 Å². The molecule has 2 fully saturated rings. The number of carboxylic acids is 1. The van der Waals surface area contributed by atoms with Gasteiger partial charge < -0.3 is 19.5 Å². The molecule has 0 bridgehead atoms. The zero-order valence-corrected chi connectivity index (χ0v) is 15.7. The van der Waals surface area contributed by atoms with Gasteiger partial charge in [-0.25, -0.2) is 0 Å². The number of aliphatic carboxylic acids is 1. The first kappa shape index (κ1) is 18.5. The molecule has 1 amide bonds. The normalized spacial score (nSPS) is 24.5. The molecular formula is C20H27NO5. The summed E-state index contributed by atoms with van der Waals surface area (Å²) >= 11 is 0. The number of carbonyl (C=O) groups is 2. The Hall–Kier alpha value is -2.24. The van der Waals surface area contributed by atoms with Crippen LogP contribution >= 0.6 is 0 Å². The number of methoxy groups -OCH3 is 2. The molecule has 1 N–H and O–H groups in total. The van der Waals surface area contributed by atoms with Gasteiger partial charge in [-0.3, -0.25) is 9.59 Å². The van der Waals surface area contributed by atoms with Gasteiger partial charge in [0.25, 0.3) is 0 Å². The van der Waals surface area contributed by atoms with Gasteiger partial charge in [0.2, 0.25) is 5.91 Å². The first-order valence-electron chi connectivity index (χ1n) is 9.17. The average molecular weight is 361 g/mol. The Balaban J connectivity index is 1.94. The quantitative estimate of drug-likeness (QED) is 0.873. The van der Waals surface area contributed by atoms with Crippen molar-refractivity contribution in [2.24, 2.45) is 11.8 Å². The monoisotopic (exact) mass is 361 g/mol. The van der Waals surface area contributed by atoms with Crippen molar-refractivity contribution in [3.05, 3.63) is 23.8 Å². The van der Waals surface area contributed by atoms with Crippen molar-refractivity contribution in [1.82, 2.24) is 4.90 Å². The van der Waals surface area contributed by atoms with Crippen LogP contribution < -0.4 is 9.47 Å². The van der Waals surface area contributed by atoms with Crippen molar-refractivity contribution >= 4 is 11.9 Å². The Morgan fingerprint density at radius 1 is 1.12 bits per heavy atom. The molecule has 0 radical (unpaired) electrons. The van der Waals surface area contributed by atoms with Gasteiger partial charge in [-0.05, 0) is 36.5 Å². The molecule has 1 saturated heterocycles. The smallest absolute Gasteiger partial charge is 0.308 e. The van der Waals surface area contributed by atoms with Crippen LogP contribution in [0, 0.1) is 11.8 Å². The molecule has 2 atom stereocenters. The summed E-state index contributed by atoms with van der Waals surface area (Å²) in [5, 5.41) is 9.39. The van der Waals surface area contributed by atoms with Gasteiger partial charge in [0.05, 0.1) is 25.6 Å². The molecule has 1 aliphatic carbocycles. The van der Waals surface area contributed by atoms with Crippen molar-refractivity contribution in [2.45, 2.75) is 38.0 Å². The Bertz CT molecular complexity index is 695. The molecule has 1 aromatic carbocycles.